The Morgan fingerprint density at radius 3 is 0.500 bits per heavy atom. The molecule has 0 radical (unpaired) electrons. The summed E-state index contributed by atoms with van der Waals surface area (Å²) in [4.78, 5) is 0. The molecule has 0 aliphatic carbocycles. The molecule has 0 aliphatic rings. The first kappa shape index (κ1) is 109. The largest absolute Gasteiger partial charge is 3.00 e. The summed E-state index contributed by atoms with van der Waals surface area (Å²) >= 11 is 0. The van der Waals surface area contributed by atoms with E-state index in [1.54, 1.807) is 0 Å². The van der Waals surface area contributed by atoms with Gasteiger partial charge in [0.15, 0.2) is 0 Å². The molecule has 0 spiro atoms. The van der Waals surface area contributed by atoms with Gasteiger partial charge in [-0.2, -0.15) is 0 Å². The summed E-state index contributed by atoms with van der Waals surface area (Å²) in [5.41, 5.74) is 0. The molecule has 6 heavy (non-hydrogen) atoms. The second kappa shape index (κ2) is 69.4. The molecule has 6 heteroatoms. The van der Waals surface area contributed by atoms with Crippen molar-refractivity contribution < 1.29 is 42.6 Å². The quantitative estimate of drug-likeness (QED) is 0.436. The third-order valence-corrected chi connectivity index (χ3v) is 0. The molecular formula is Al2O3Zr. The number of rotatable bonds is 0. The van der Waals surface area contributed by atoms with Crippen LogP contribution in [0.5, 0.6) is 0 Å². The summed E-state index contributed by atoms with van der Waals surface area (Å²) in [7, 11) is 0. The average molecular weight is 193 g/mol. The van der Waals surface area contributed by atoms with Gasteiger partial charge in [0.1, 0.15) is 0 Å². The van der Waals surface area contributed by atoms with Crippen LogP contribution >= 0.6 is 0 Å². The van der Waals surface area contributed by atoms with Crippen LogP contribution in [0.25, 0.3) is 0 Å². The average Bonchev–Trinajstić information content (AvgIpc) is 0. The van der Waals surface area contributed by atoms with E-state index >= 15 is 0 Å². The molecule has 3 nitrogen and oxygen atoms in total. The van der Waals surface area contributed by atoms with Crippen molar-refractivity contribution >= 4 is 34.7 Å². The number of hydrogen-bond donors (Lipinski definition) is 0. The van der Waals surface area contributed by atoms with Gasteiger partial charge in [0.25, 0.3) is 0 Å². The Balaban J connectivity index is 0. The first-order valence-electron chi connectivity index (χ1n) is 0. The molecule has 0 aromatic carbocycles. The summed E-state index contributed by atoms with van der Waals surface area (Å²) in [6.07, 6.45) is 0. The van der Waals surface area contributed by atoms with Crippen LogP contribution in [0.3, 0.4) is 0 Å². The third kappa shape index (κ3) is 40.7. The molecule has 0 amide bonds. The van der Waals surface area contributed by atoms with Gasteiger partial charge in [0.2, 0.25) is 0 Å². The van der Waals surface area contributed by atoms with E-state index < -0.39 is 0 Å². The fraction of sp³-hybridized carbons (Fsp3) is 0. The van der Waals surface area contributed by atoms with Crippen LogP contribution in [0, 0.1) is 0 Å². The van der Waals surface area contributed by atoms with Gasteiger partial charge < -0.3 is 16.4 Å². The summed E-state index contributed by atoms with van der Waals surface area (Å²) in [5.74, 6) is 0. The van der Waals surface area contributed by atoms with E-state index in [4.69, 9.17) is 0 Å². The van der Waals surface area contributed by atoms with Crippen LogP contribution in [0.4, 0.5) is 0 Å². The summed E-state index contributed by atoms with van der Waals surface area (Å²) in [6, 6.07) is 0. The first-order chi connectivity index (χ1) is 0. The zero-order chi connectivity index (χ0) is 0. The van der Waals surface area contributed by atoms with Gasteiger partial charge in [-0.3, -0.25) is 0 Å². The predicted octanol–water partition coefficient (Wildman–Crippen LogP) is -1.12. The Morgan fingerprint density at radius 2 is 0.500 bits per heavy atom. The van der Waals surface area contributed by atoms with E-state index in [0.717, 1.165) is 0 Å². The minimum atomic E-state index is 0. The molecular weight excluding hydrogens is 193 g/mol. The second-order valence-corrected chi connectivity index (χ2v) is 0. The Morgan fingerprint density at radius 1 is 0.500 bits per heavy atom. The van der Waals surface area contributed by atoms with Crippen molar-refractivity contribution in [1.82, 2.24) is 0 Å². The molecule has 0 aliphatic heterocycles. The van der Waals surface area contributed by atoms with Crippen LogP contribution in [-0.4, -0.2) is 34.7 Å². The Labute approximate surface area is 76.8 Å². The van der Waals surface area contributed by atoms with Gasteiger partial charge in [0, 0.05) is 26.2 Å². The number of hydrogen-bond acceptors (Lipinski definition) is 0. The van der Waals surface area contributed by atoms with E-state index in [2.05, 4.69) is 0 Å². The fourth-order valence-corrected chi connectivity index (χ4v) is 0. The van der Waals surface area contributed by atoms with Crippen LogP contribution in [-0.2, 0) is 42.6 Å². The second-order valence-electron chi connectivity index (χ2n) is 0. The molecule has 0 atom stereocenters. The van der Waals surface area contributed by atoms with Crippen molar-refractivity contribution in [2.24, 2.45) is 0 Å². The van der Waals surface area contributed by atoms with Crippen molar-refractivity contribution in [3.63, 3.8) is 0 Å². The van der Waals surface area contributed by atoms with E-state index in [1.807, 2.05) is 0 Å². The molecule has 0 N–H and O–H groups in total. The van der Waals surface area contributed by atoms with Gasteiger partial charge in [-0.1, -0.05) is 0 Å². The maximum Gasteiger partial charge on any atom is 3.00 e. The van der Waals surface area contributed by atoms with Gasteiger partial charge in [-0.15, -0.1) is 0 Å². The Bertz CT molecular complexity index is 8.75. The van der Waals surface area contributed by atoms with E-state index in [-0.39, 0.29) is 77.4 Å². The van der Waals surface area contributed by atoms with Crippen LogP contribution in [0.15, 0.2) is 0 Å². The molecule has 0 fully saturated rings. The van der Waals surface area contributed by atoms with Crippen LogP contribution in [0.2, 0.25) is 0 Å². The van der Waals surface area contributed by atoms with Gasteiger partial charge >= 0.3 is 34.7 Å². The van der Waals surface area contributed by atoms with Crippen molar-refractivity contribution in [1.29, 1.82) is 0 Å². The van der Waals surface area contributed by atoms with Gasteiger partial charge in [-0.05, 0) is 0 Å². The van der Waals surface area contributed by atoms with Crippen molar-refractivity contribution in [3.8, 4) is 0 Å². The summed E-state index contributed by atoms with van der Waals surface area (Å²) < 4.78 is 0. The van der Waals surface area contributed by atoms with Crippen molar-refractivity contribution in [2.75, 3.05) is 0 Å². The molecule has 0 rings (SSSR count). The minimum absolute atomic E-state index is 0. The smallest absolute Gasteiger partial charge is 2.00 e. The molecule has 0 aromatic rings. The van der Waals surface area contributed by atoms with Crippen LogP contribution in [0.1, 0.15) is 0 Å². The standard InChI is InChI=1S/2Al.3O.Zr/q2*+3;3*-2;. The maximum absolute atomic E-state index is 0. The van der Waals surface area contributed by atoms with E-state index in [9.17, 15) is 0 Å². The molecule has 0 saturated carbocycles. The van der Waals surface area contributed by atoms with E-state index in [1.165, 1.54) is 0 Å². The van der Waals surface area contributed by atoms with E-state index in [0.29, 0.717) is 0 Å². The zero-order valence-electron chi connectivity index (χ0n) is 2.88. The monoisotopic (exact) mass is 192 g/mol. The molecule has 28 valence electrons. The third-order valence-electron chi connectivity index (χ3n) is 0. The Kier molecular flexibility index (Phi) is 1260. The van der Waals surface area contributed by atoms with Crippen molar-refractivity contribution in [3.05, 3.63) is 0 Å². The molecule has 0 unspecified atom stereocenters. The SMILES string of the molecule is [Al+3].[Al+3].[O-2].[O-2].[O-2].[Zr]. The van der Waals surface area contributed by atoms with Gasteiger partial charge in [-0.25, -0.2) is 0 Å². The Hall–Kier alpha value is 1.83. The first-order valence-corrected chi connectivity index (χ1v) is 0. The fourth-order valence-electron chi connectivity index (χ4n) is 0. The molecule has 0 heterocycles. The topological polar surface area (TPSA) is 85.5 Å². The zero-order valence-corrected chi connectivity index (χ0v) is 7.65. The predicted molar refractivity (Wildman–Crippen MR) is 13.6 cm³/mol. The normalized spacial score (nSPS) is 0. The van der Waals surface area contributed by atoms with Gasteiger partial charge in [0.05, 0.1) is 0 Å². The summed E-state index contributed by atoms with van der Waals surface area (Å²) in [6.45, 7) is 0. The summed E-state index contributed by atoms with van der Waals surface area (Å²) in [5, 5.41) is 0. The molecule has 0 aromatic heterocycles. The molecule has 0 saturated heterocycles. The minimum Gasteiger partial charge on any atom is -2.00 e. The van der Waals surface area contributed by atoms with Crippen molar-refractivity contribution in [2.45, 2.75) is 0 Å². The molecule has 0 bridgehead atoms. The maximum atomic E-state index is 0. The van der Waals surface area contributed by atoms with Crippen LogP contribution < -0.4 is 0 Å².